The minimum absolute atomic E-state index is 0.132. The van der Waals surface area contributed by atoms with E-state index in [0.717, 1.165) is 29.2 Å². The van der Waals surface area contributed by atoms with Crippen LogP contribution in [0.1, 0.15) is 29.3 Å². The number of nitrogens with one attached hydrogen (secondary N) is 2. The van der Waals surface area contributed by atoms with Crippen LogP contribution in [0.4, 0.5) is 10.1 Å². The molecule has 3 aromatic rings. The van der Waals surface area contributed by atoms with E-state index < -0.39 is 17.9 Å². The van der Waals surface area contributed by atoms with E-state index in [-0.39, 0.29) is 12.0 Å². The third-order valence-corrected chi connectivity index (χ3v) is 7.03. The summed E-state index contributed by atoms with van der Waals surface area (Å²) in [6.45, 7) is 3.39. The molecule has 0 radical (unpaired) electrons. The molecule has 0 unspecified atom stereocenters. The van der Waals surface area contributed by atoms with Crippen molar-refractivity contribution in [2.75, 3.05) is 30.4 Å². The van der Waals surface area contributed by atoms with Crippen LogP contribution in [0, 0.1) is 5.82 Å². The van der Waals surface area contributed by atoms with Crippen LogP contribution in [0.2, 0.25) is 0 Å². The number of nitrogens with zero attached hydrogens (tertiary/aromatic N) is 2. The quantitative estimate of drug-likeness (QED) is 0.322. The minimum Gasteiger partial charge on any atom is -0.480 e. The third-order valence-electron chi connectivity index (χ3n) is 6.38. The molecule has 7 nitrogen and oxygen atoms in total. The van der Waals surface area contributed by atoms with Crippen molar-refractivity contribution in [3.8, 4) is 11.1 Å². The fourth-order valence-electron chi connectivity index (χ4n) is 4.43. The molecular weight excluding hydrogens is 503 g/mol. The Morgan fingerprint density at radius 1 is 1.08 bits per heavy atom. The summed E-state index contributed by atoms with van der Waals surface area (Å²) in [5.74, 6) is -0.341. The molecule has 4 rings (SSSR count). The fraction of sp³-hybridized carbons (Fsp3) is 0.276. The predicted molar refractivity (Wildman–Crippen MR) is 151 cm³/mol. The molecule has 0 aromatic heterocycles. The van der Waals surface area contributed by atoms with Gasteiger partial charge in [-0.2, -0.15) is 11.8 Å². The maximum Gasteiger partial charge on any atom is 0.326 e. The van der Waals surface area contributed by atoms with Crippen LogP contribution in [0.5, 0.6) is 0 Å². The number of amides is 1. The number of benzene rings is 3. The van der Waals surface area contributed by atoms with Gasteiger partial charge in [0, 0.05) is 23.4 Å². The van der Waals surface area contributed by atoms with Gasteiger partial charge in [0.25, 0.3) is 5.91 Å². The molecule has 0 fully saturated rings. The van der Waals surface area contributed by atoms with E-state index in [1.54, 1.807) is 18.2 Å². The molecule has 3 aromatic carbocycles. The van der Waals surface area contributed by atoms with Gasteiger partial charge in [0.1, 0.15) is 17.7 Å². The van der Waals surface area contributed by atoms with E-state index in [2.05, 4.69) is 20.5 Å². The number of amidine groups is 1. The maximum atomic E-state index is 13.4. The topological polar surface area (TPSA) is 94.0 Å². The number of rotatable bonds is 11. The van der Waals surface area contributed by atoms with Gasteiger partial charge in [-0.05, 0) is 78.9 Å². The molecule has 1 aliphatic rings. The molecule has 1 heterocycles. The lowest BCUT2D eigenvalue weighted by Gasteiger charge is -2.29. The zero-order valence-electron chi connectivity index (χ0n) is 21.4. The molecule has 1 amide bonds. The van der Waals surface area contributed by atoms with Gasteiger partial charge in [0.15, 0.2) is 0 Å². The first kappa shape index (κ1) is 27.2. The Hall–Kier alpha value is -3.85. The highest BCUT2D eigenvalue weighted by molar-refractivity contribution is 7.98. The molecule has 1 aliphatic heterocycles. The molecule has 0 aliphatic carbocycles. The van der Waals surface area contributed by atoms with Crippen molar-refractivity contribution in [2.45, 2.75) is 25.6 Å². The predicted octanol–water partition coefficient (Wildman–Crippen LogP) is 4.95. The Morgan fingerprint density at radius 2 is 1.82 bits per heavy atom. The Kier molecular flexibility index (Phi) is 9.02. The van der Waals surface area contributed by atoms with Gasteiger partial charge in [-0.1, -0.05) is 30.3 Å². The van der Waals surface area contributed by atoms with Crippen LogP contribution in [-0.4, -0.2) is 65.0 Å². The lowest BCUT2D eigenvalue weighted by molar-refractivity contribution is -0.139. The van der Waals surface area contributed by atoms with Gasteiger partial charge in [-0.3, -0.25) is 9.79 Å². The molecular formula is C29H31FN4O3S. The van der Waals surface area contributed by atoms with Gasteiger partial charge in [-0.15, -0.1) is 0 Å². The number of aliphatic carboxylic acids is 1. The second-order valence-electron chi connectivity index (χ2n) is 9.00. The lowest BCUT2D eigenvalue weighted by Crippen LogP contribution is -2.42. The minimum atomic E-state index is -1.05. The van der Waals surface area contributed by atoms with E-state index in [0.29, 0.717) is 29.8 Å². The molecule has 198 valence electrons. The number of hydrogen-bond donors (Lipinski definition) is 3. The van der Waals surface area contributed by atoms with Crippen molar-refractivity contribution in [1.29, 1.82) is 0 Å². The second-order valence-corrected chi connectivity index (χ2v) is 9.98. The first-order valence-corrected chi connectivity index (χ1v) is 13.8. The molecule has 9 heteroatoms. The SMILES string of the molecule is CSCC[C@H](NC(=O)c1ccc(N[C@H](C)N2CCN=C2c2ccc(F)cc2)cc1-c1ccccc1)C(=O)O. The Labute approximate surface area is 226 Å². The van der Waals surface area contributed by atoms with Crippen molar-refractivity contribution in [2.24, 2.45) is 4.99 Å². The summed E-state index contributed by atoms with van der Waals surface area (Å²) >= 11 is 1.54. The zero-order chi connectivity index (χ0) is 27.1. The Bertz CT molecular complexity index is 1300. The average molecular weight is 535 g/mol. The first-order chi connectivity index (χ1) is 18.4. The largest absolute Gasteiger partial charge is 0.480 e. The van der Waals surface area contributed by atoms with Crippen molar-refractivity contribution < 1.29 is 19.1 Å². The van der Waals surface area contributed by atoms with E-state index in [1.165, 1.54) is 23.9 Å². The highest BCUT2D eigenvalue weighted by Gasteiger charge is 2.25. The maximum absolute atomic E-state index is 13.4. The van der Waals surface area contributed by atoms with E-state index in [1.807, 2.05) is 55.6 Å². The smallest absolute Gasteiger partial charge is 0.326 e. The number of carboxylic acids is 1. The number of carbonyl (C=O) groups is 2. The molecule has 0 spiro atoms. The number of anilines is 1. The van der Waals surface area contributed by atoms with Crippen molar-refractivity contribution in [3.05, 3.63) is 89.7 Å². The number of thioether (sulfide) groups is 1. The van der Waals surface area contributed by atoms with Gasteiger partial charge in [-0.25, -0.2) is 9.18 Å². The van der Waals surface area contributed by atoms with E-state index in [9.17, 15) is 19.1 Å². The normalized spacial score (nSPS) is 14.5. The first-order valence-electron chi connectivity index (χ1n) is 12.4. The monoisotopic (exact) mass is 534 g/mol. The van der Waals surface area contributed by atoms with Crippen molar-refractivity contribution in [3.63, 3.8) is 0 Å². The number of carboxylic acid groups (broad SMARTS) is 1. The van der Waals surface area contributed by atoms with Crippen LogP contribution < -0.4 is 10.6 Å². The van der Waals surface area contributed by atoms with Crippen LogP contribution in [0.25, 0.3) is 11.1 Å². The average Bonchev–Trinajstić information content (AvgIpc) is 3.42. The summed E-state index contributed by atoms with van der Waals surface area (Å²) in [6, 6.07) is 20.3. The Balaban J connectivity index is 1.58. The van der Waals surface area contributed by atoms with E-state index in [4.69, 9.17) is 0 Å². The lowest BCUT2D eigenvalue weighted by atomic mass is 9.98. The molecule has 0 saturated heterocycles. The van der Waals surface area contributed by atoms with Crippen LogP contribution >= 0.6 is 11.8 Å². The molecule has 0 bridgehead atoms. The summed E-state index contributed by atoms with van der Waals surface area (Å²) in [7, 11) is 0. The van der Waals surface area contributed by atoms with Crippen LogP contribution in [0.3, 0.4) is 0 Å². The Morgan fingerprint density at radius 3 is 2.50 bits per heavy atom. The summed E-state index contributed by atoms with van der Waals surface area (Å²) in [4.78, 5) is 31.7. The molecule has 38 heavy (non-hydrogen) atoms. The van der Waals surface area contributed by atoms with Gasteiger partial charge in [0.2, 0.25) is 0 Å². The summed E-state index contributed by atoms with van der Waals surface area (Å²) < 4.78 is 13.4. The van der Waals surface area contributed by atoms with Gasteiger partial charge >= 0.3 is 5.97 Å². The number of hydrogen-bond acceptors (Lipinski definition) is 6. The van der Waals surface area contributed by atoms with Crippen molar-refractivity contribution in [1.82, 2.24) is 10.2 Å². The number of halogens is 1. The second kappa shape index (κ2) is 12.6. The fourth-order valence-corrected chi connectivity index (χ4v) is 4.90. The summed E-state index contributed by atoms with van der Waals surface area (Å²) in [5, 5.41) is 15.8. The number of carbonyl (C=O) groups excluding carboxylic acids is 1. The number of aliphatic imine (C=N–C) groups is 1. The summed E-state index contributed by atoms with van der Waals surface area (Å²) in [6.07, 6.45) is 2.11. The highest BCUT2D eigenvalue weighted by atomic mass is 32.2. The van der Waals surface area contributed by atoms with Gasteiger partial charge < -0.3 is 20.6 Å². The van der Waals surface area contributed by atoms with Crippen LogP contribution in [-0.2, 0) is 4.79 Å². The summed E-state index contributed by atoms with van der Waals surface area (Å²) in [5.41, 5.74) is 3.60. The zero-order valence-corrected chi connectivity index (χ0v) is 22.2. The van der Waals surface area contributed by atoms with Gasteiger partial charge in [0.05, 0.1) is 12.7 Å². The molecule has 0 saturated carbocycles. The van der Waals surface area contributed by atoms with Crippen molar-refractivity contribution >= 4 is 35.2 Å². The standard InChI is InChI=1S/C29H31FN4O3S/c1-19(34-16-15-31-27(34)21-8-10-22(30)11-9-21)32-23-12-13-24(25(18-23)20-6-4-3-5-7-20)28(35)33-26(29(36)37)14-17-38-2/h3-13,18-19,26,32H,14-17H2,1-2H3,(H,33,35)(H,36,37)/t19-,26-/m0/s1. The third kappa shape index (κ3) is 6.52. The molecule has 2 atom stereocenters. The van der Waals surface area contributed by atoms with Crippen LogP contribution in [0.15, 0.2) is 77.8 Å². The van der Waals surface area contributed by atoms with E-state index >= 15 is 0 Å². The molecule has 3 N–H and O–H groups in total. The highest BCUT2D eigenvalue weighted by Crippen LogP contribution is 2.28.